The second kappa shape index (κ2) is 31.9. The number of rotatable bonds is 11. The summed E-state index contributed by atoms with van der Waals surface area (Å²) >= 11 is 0. The van der Waals surface area contributed by atoms with Crippen molar-refractivity contribution < 1.29 is 0 Å². The van der Waals surface area contributed by atoms with E-state index in [2.05, 4.69) is 177 Å². The third kappa shape index (κ3) is 22.9. The molecule has 0 aromatic carbocycles. The third-order valence-corrected chi connectivity index (χ3v) is 23.8. The lowest BCUT2D eigenvalue weighted by Gasteiger charge is -2.48. The van der Waals surface area contributed by atoms with Gasteiger partial charge in [0.1, 0.15) is 11.6 Å². The quantitative estimate of drug-likeness (QED) is 0.244. The SMILES string of the molecule is CC(C)C1(C)CC(N)CC(C)(C)C1.CC(C)[C@@H]1CCC[C@H](C2CC2)C1.CC(C)[C@@H]1CCC[C@H](c2nccn2C)C1.CC(C)[C@H]1CCC[C@@H](C2CC2)C1.CC(C)[C@H]1CCC[C@@H](c2nccn2C)C1.CCC1(C)CC(C(C)C)CC(C)(C)C1. The molecule has 470 valence electrons. The molecule has 81 heavy (non-hydrogen) atoms. The van der Waals surface area contributed by atoms with Gasteiger partial charge >= 0.3 is 0 Å². The predicted octanol–water partition coefficient (Wildman–Crippen LogP) is 22.5. The summed E-state index contributed by atoms with van der Waals surface area (Å²) < 4.78 is 4.38. The summed E-state index contributed by atoms with van der Waals surface area (Å²) in [4.78, 5) is 8.99. The van der Waals surface area contributed by atoms with Crippen molar-refractivity contribution in [3.8, 4) is 0 Å². The van der Waals surface area contributed by atoms with E-state index in [1.807, 2.05) is 12.4 Å². The summed E-state index contributed by atoms with van der Waals surface area (Å²) in [6.07, 6.45) is 46.7. The Morgan fingerprint density at radius 2 is 0.815 bits per heavy atom. The van der Waals surface area contributed by atoms with Crippen LogP contribution in [0.2, 0.25) is 0 Å². The van der Waals surface area contributed by atoms with Crippen LogP contribution in [0.25, 0.3) is 0 Å². The second-order valence-corrected chi connectivity index (χ2v) is 34.3. The number of aryl methyl sites for hydroxylation is 2. The second-order valence-electron chi connectivity index (χ2n) is 34.3. The standard InChI is InChI=1S/C14H28.2C13H22N2.C12H25N.2C12H22/c1-7-14(6)9-12(11(2)3)8-13(4,5)10-14;2*1-10(2)11-5-4-6-12(9-11)13-14-7-8-15(13)3;1-9(2)12(5)7-10(13)6-11(3,4)8-12;2*1-9(2)11-4-3-5-12(8-11)10-6-7-10/h11-12H,7-10H2,1-6H3;2*7-8,10-12H,4-6,9H2,1-3H3;9-10H,6-8,13H2,1-5H3;2*9-12H,3-8H2,1-2H3/t;2*11-,12+;;2*11-,12+/m.10.10/s1. The number of imidazole rings is 2. The van der Waals surface area contributed by atoms with E-state index in [0.29, 0.717) is 39.5 Å². The third-order valence-electron chi connectivity index (χ3n) is 23.8. The minimum atomic E-state index is 0.413. The van der Waals surface area contributed by atoms with Crippen LogP contribution in [0.15, 0.2) is 24.8 Å². The van der Waals surface area contributed by atoms with Gasteiger partial charge in [-0.3, -0.25) is 0 Å². The van der Waals surface area contributed by atoms with Crippen molar-refractivity contribution >= 4 is 0 Å². The number of hydrogen-bond donors (Lipinski definition) is 1. The van der Waals surface area contributed by atoms with Gasteiger partial charge in [-0.25, -0.2) is 9.97 Å². The molecule has 2 aromatic heterocycles. The molecule has 4 unspecified atom stereocenters. The van der Waals surface area contributed by atoms with Crippen LogP contribution in [0.4, 0.5) is 0 Å². The van der Waals surface area contributed by atoms with Crippen molar-refractivity contribution in [1.82, 2.24) is 19.1 Å². The van der Waals surface area contributed by atoms with E-state index in [9.17, 15) is 0 Å². The number of aromatic nitrogens is 4. The number of nitrogens with two attached hydrogens (primary N) is 1. The molecular formula is C76H141N5. The topological polar surface area (TPSA) is 61.7 Å². The monoisotopic (exact) mass is 1120 g/mol. The average molecular weight is 1120 g/mol. The Morgan fingerprint density at radius 3 is 1.14 bits per heavy atom. The van der Waals surface area contributed by atoms with Gasteiger partial charge in [0.15, 0.2) is 0 Å². The van der Waals surface area contributed by atoms with E-state index in [-0.39, 0.29) is 0 Å². The van der Waals surface area contributed by atoms with Crippen LogP contribution >= 0.6 is 0 Å². The van der Waals surface area contributed by atoms with Crippen molar-refractivity contribution in [3.63, 3.8) is 0 Å². The summed E-state index contributed by atoms with van der Waals surface area (Å²) in [6, 6.07) is 0.413. The Balaban J connectivity index is 0.000000179. The molecule has 0 amide bonds. The zero-order valence-corrected chi connectivity index (χ0v) is 58.2. The van der Waals surface area contributed by atoms with Crippen LogP contribution in [0, 0.1) is 110 Å². The van der Waals surface area contributed by atoms with Gasteiger partial charge < -0.3 is 14.9 Å². The lowest BCUT2D eigenvalue weighted by atomic mass is 9.58. The largest absolute Gasteiger partial charge is 0.338 e. The highest BCUT2D eigenvalue weighted by Crippen LogP contribution is 2.53. The average Bonchev–Trinajstić information content (AvgIpc) is 4.41. The first-order valence-electron chi connectivity index (χ1n) is 35.6. The van der Waals surface area contributed by atoms with Crippen molar-refractivity contribution in [2.24, 2.45) is 130 Å². The molecule has 2 N–H and O–H groups in total. The highest BCUT2D eigenvalue weighted by atomic mass is 15.0. The Bertz CT molecular complexity index is 1910. The van der Waals surface area contributed by atoms with Crippen LogP contribution in [0.5, 0.6) is 0 Å². The minimum absolute atomic E-state index is 0.413. The van der Waals surface area contributed by atoms with Crippen LogP contribution in [0.1, 0.15) is 328 Å². The van der Waals surface area contributed by atoms with Crippen molar-refractivity contribution in [2.75, 3.05) is 0 Å². The van der Waals surface area contributed by atoms with Crippen molar-refractivity contribution in [2.45, 2.75) is 323 Å². The first kappa shape index (κ1) is 70.1. The Morgan fingerprint density at radius 1 is 0.444 bits per heavy atom. The van der Waals surface area contributed by atoms with Crippen LogP contribution < -0.4 is 5.73 Å². The van der Waals surface area contributed by atoms with Crippen molar-refractivity contribution in [3.05, 3.63) is 36.4 Å². The lowest BCUT2D eigenvalue weighted by molar-refractivity contribution is 0.0324. The smallest absolute Gasteiger partial charge is 0.111 e. The normalized spacial score (nSPS) is 33.9. The molecule has 10 rings (SSSR count). The minimum Gasteiger partial charge on any atom is -0.338 e. The summed E-state index contributed by atoms with van der Waals surface area (Å²) in [6.45, 7) is 45.3. The molecule has 12 atom stereocenters. The Kier molecular flexibility index (Phi) is 27.6. The molecule has 0 saturated heterocycles. The van der Waals surface area contributed by atoms with Gasteiger partial charge in [-0.05, 0) is 213 Å². The molecule has 0 spiro atoms. The van der Waals surface area contributed by atoms with E-state index >= 15 is 0 Å². The van der Waals surface area contributed by atoms with E-state index in [0.717, 1.165) is 88.8 Å². The van der Waals surface area contributed by atoms with Gasteiger partial charge in [-0.1, -0.05) is 202 Å². The molecule has 0 bridgehead atoms. The maximum atomic E-state index is 6.12. The molecule has 8 fully saturated rings. The number of nitrogens with zero attached hydrogens (tertiary/aromatic N) is 4. The van der Waals surface area contributed by atoms with E-state index in [1.165, 1.54) is 134 Å². The molecule has 5 heteroatoms. The summed E-state index contributed by atoms with van der Waals surface area (Å²) in [5, 5.41) is 0. The van der Waals surface area contributed by atoms with Gasteiger partial charge in [0, 0.05) is 56.8 Å². The lowest BCUT2D eigenvalue weighted by Crippen LogP contribution is -2.44. The van der Waals surface area contributed by atoms with Crippen LogP contribution in [-0.2, 0) is 14.1 Å². The summed E-state index contributed by atoms with van der Waals surface area (Å²) in [7, 11) is 4.22. The molecule has 8 aliphatic carbocycles. The fraction of sp³-hybridized carbons (Fsp3) is 0.921. The molecule has 8 saturated carbocycles. The molecule has 5 nitrogen and oxygen atoms in total. The van der Waals surface area contributed by atoms with Gasteiger partial charge in [-0.15, -0.1) is 0 Å². The molecule has 0 aliphatic heterocycles. The highest BCUT2D eigenvalue weighted by Gasteiger charge is 2.43. The maximum absolute atomic E-state index is 6.12. The fourth-order valence-corrected chi connectivity index (χ4v) is 17.9. The van der Waals surface area contributed by atoms with E-state index in [1.54, 1.807) is 51.4 Å². The zero-order valence-electron chi connectivity index (χ0n) is 58.2. The van der Waals surface area contributed by atoms with Gasteiger partial charge in [0.25, 0.3) is 0 Å². The van der Waals surface area contributed by atoms with Crippen LogP contribution in [0.3, 0.4) is 0 Å². The Labute approximate surface area is 506 Å². The molecule has 2 aromatic rings. The van der Waals surface area contributed by atoms with Gasteiger partial charge in [0.05, 0.1) is 0 Å². The molecular weight excluding hydrogens is 983 g/mol. The summed E-state index contributed by atoms with van der Waals surface area (Å²) in [5.41, 5.74) is 8.20. The predicted molar refractivity (Wildman–Crippen MR) is 354 cm³/mol. The Hall–Kier alpha value is -1.62. The highest BCUT2D eigenvalue weighted by molar-refractivity contribution is 5.04. The molecule has 2 heterocycles. The van der Waals surface area contributed by atoms with E-state index < -0.39 is 0 Å². The first-order valence-corrected chi connectivity index (χ1v) is 35.6. The molecule has 0 radical (unpaired) electrons. The van der Waals surface area contributed by atoms with E-state index in [4.69, 9.17) is 5.73 Å². The van der Waals surface area contributed by atoms with Gasteiger partial charge in [-0.2, -0.15) is 0 Å². The zero-order chi connectivity index (χ0) is 60.0. The van der Waals surface area contributed by atoms with Gasteiger partial charge in [0.2, 0.25) is 0 Å². The summed E-state index contributed by atoms with van der Waals surface area (Å²) in [5.74, 6) is 18.6. The van der Waals surface area contributed by atoms with Crippen molar-refractivity contribution in [1.29, 1.82) is 0 Å². The fourth-order valence-electron chi connectivity index (χ4n) is 17.9. The van der Waals surface area contributed by atoms with Crippen LogP contribution in [-0.4, -0.2) is 25.1 Å². The number of hydrogen-bond acceptors (Lipinski definition) is 3. The first-order chi connectivity index (χ1) is 37.9. The molecule has 8 aliphatic rings. The maximum Gasteiger partial charge on any atom is 0.111 e.